The van der Waals surface area contributed by atoms with E-state index in [1.54, 1.807) is 49.4 Å². The first-order chi connectivity index (χ1) is 15.8. The monoisotopic (exact) mass is 464 g/mol. The van der Waals surface area contributed by atoms with Crippen LogP contribution < -0.4 is 10.6 Å². The van der Waals surface area contributed by atoms with E-state index in [-0.39, 0.29) is 18.1 Å². The lowest BCUT2D eigenvalue weighted by Crippen LogP contribution is -2.22. The van der Waals surface area contributed by atoms with E-state index in [2.05, 4.69) is 10.6 Å². The molecule has 0 heterocycles. The molecule has 0 bridgehead atoms. The average molecular weight is 465 g/mol. The first-order valence-electron chi connectivity index (χ1n) is 10.6. The number of benzene rings is 3. The number of carboxylic acids is 1. The Morgan fingerprint density at radius 3 is 2.24 bits per heavy atom. The summed E-state index contributed by atoms with van der Waals surface area (Å²) in [7, 11) is 0. The third kappa shape index (κ3) is 5.99. The van der Waals surface area contributed by atoms with E-state index in [1.165, 1.54) is 0 Å². The highest BCUT2D eigenvalue weighted by Crippen LogP contribution is 2.29. The lowest BCUT2D eigenvalue weighted by molar-refractivity contribution is -0.143. The first kappa shape index (κ1) is 24.0. The normalized spacial score (nSPS) is 11.5. The van der Waals surface area contributed by atoms with Crippen LogP contribution in [0.4, 0.5) is 17.1 Å². The quantitative estimate of drug-likeness (QED) is 0.334. The molecule has 1 amide bonds. The molecular weight excluding hydrogens is 440 g/mol. The molecule has 0 saturated carbocycles. The average Bonchev–Trinajstić information content (AvgIpc) is 2.78. The number of nitrogens with one attached hydrogen (secondary N) is 2. The van der Waals surface area contributed by atoms with Crippen LogP contribution in [0.3, 0.4) is 0 Å². The van der Waals surface area contributed by atoms with Gasteiger partial charge < -0.3 is 15.7 Å². The van der Waals surface area contributed by atoms with E-state index >= 15 is 0 Å². The summed E-state index contributed by atoms with van der Waals surface area (Å²) in [6, 6.07) is 19.5. The summed E-state index contributed by atoms with van der Waals surface area (Å²) >= 11 is 6.43. The van der Waals surface area contributed by atoms with Crippen LogP contribution in [-0.2, 0) is 9.59 Å². The molecule has 1 atom stereocenters. The molecule has 0 radical (unpaired) electrons. The predicted molar refractivity (Wildman–Crippen MR) is 130 cm³/mol. The summed E-state index contributed by atoms with van der Waals surface area (Å²) in [5.74, 6) is -2.26. The molecule has 0 aliphatic heterocycles. The smallest absolute Gasteiger partial charge is 0.307 e. The van der Waals surface area contributed by atoms with Crippen LogP contribution in [0.5, 0.6) is 0 Å². The van der Waals surface area contributed by atoms with Crippen molar-refractivity contribution in [3.8, 4) is 0 Å². The summed E-state index contributed by atoms with van der Waals surface area (Å²) < 4.78 is 0. The summed E-state index contributed by atoms with van der Waals surface area (Å²) in [6.07, 6.45) is 0.260. The van der Waals surface area contributed by atoms with E-state index in [0.717, 1.165) is 5.56 Å². The van der Waals surface area contributed by atoms with Crippen molar-refractivity contribution in [2.24, 2.45) is 5.92 Å². The van der Waals surface area contributed by atoms with Gasteiger partial charge in [0.05, 0.1) is 22.3 Å². The van der Waals surface area contributed by atoms with E-state index in [0.29, 0.717) is 39.6 Å². The van der Waals surface area contributed by atoms with Gasteiger partial charge in [0.15, 0.2) is 5.78 Å². The minimum atomic E-state index is -0.992. The lowest BCUT2D eigenvalue weighted by Gasteiger charge is -2.15. The maximum Gasteiger partial charge on any atom is 0.307 e. The number of carboxylic acid groups (broad SMARTS) is 1. The fraction of sp³-hybridized carbons (Fsp3) is 0.192. The van der Waals surface area contributed by atoms with Crippen molar-refractivity contribution in [1.82, 2.24) is 0 Å². The third-order valence-electron chi connectivity index (χ3n) is 5.36. The Morgan fingerprint density at radius 2 is 1.61 bits per heavy atom. The number of para-hydroxylation sites is 2. The van der Waals surface area contributed by atoms with Crippen LogP contribution >= 0.6 is 11.6 Å². The van der Waals surface area contributed by atoms with Crippen LogP contribution in [0.2, 0.25) is 5.02 Å². The number of amides is 1. The van der Waals surface area contributed by atoms with Crippen molar-refractivity contribution in [3.05, 3.63) is 88.4 Å². The molecule has 6 nitrogen and oxygen atoms in total. The molecule has 170 valence electrons. The minimum Gasteiger partial charge on any atom is -0.481 e. The number of ketones is 1. The fourth-order valence-electron chi connectivity index (χ4n) is 3.44. The van der Waals surface area contributed by atoms with Gasteiger partial charge in [-0.3, -0.25) is 14.4 Å². The standard InChI is InChI=1S/C26H25ClN2O4/c1-3-17(26(32)33)14-24(30)29-23-11-7-6-10-22(23)28-18-12-13-20(21(27)15-18)25(31)19-9-5-4-8-16(19)2/h4-13,15,17,28H,3,14H2,1-2H3,(H,29,30)(H,32,33). The van der Waals surface area contributed by atoms with Gasteiger partial charge in [-0.15, -0.1) is 0 Å². The molecule has 0 spiro atoms. The zero-order valence-corrected chi connectivity index (χ0v) is 19.1. The summed E-state index contributed by atoms with van der Waals surface area (Å²) in [5.41, 5.74) is 3.64. The van der Waals surface area contributed by atoms with Gasteiger partial charge in [-0.05, 0) is 49.2 Å². The molecule has 0 aromatic heterocycles. The number of carbonyl (C=O) groups excluding carboxylic acids is 2. The van der Waals surface area contributed by atoms with Gasteiger partial charge in [0.25, 0.3) is 0 Å². The van der Waals surface area contributed by atoms with Crippen molar-refractivity contribution < 1.29 is 19.5 Å². The Kier molecular flexibility index (Phi) is 7.85. The second-order valence-corrected chi connectivity index (χ2v) is 8.11. The van der Waals surface area contributed by atoms with Gasteiger partial charge in [-0.2, -0.15) is 0 Å². The predicted octanol–water partition coefficient (Wildman–Crippen LogP) is 6.06. The number of hydrogen-bond donors (Lipinski definition) is 3. The van der Waals surface area contributed by atoms with Gasteiger partial charge in [-0.1, -0.05) is 54.9 Å². The Morgan fingerprint density at radius 1 is 0.939 bits per heavy atom. The Bertz CT molecular complexity index is 1190. The highest BCUT2D eigenvalue weighted by atomic mass is 35.5. The van der Waals surface area contributed by atoms with Crippen LogP contribution in [0.1, 0.15) is 41.3 Å². The lowest BCUT2D eigenvalue weighted by atomic mass is 9.99. The van der Waals surface area contributed by atoms with Crippen molar-refractivity contribution >= 4 is 46.3 Å². The molecule has 0 aliphatic rings. The molecule has 33 heavy (non-hydrogen) atoms. The second-order valence-electron chi connectivity index (χ2n) is 7.70. The zero-order chi connectivity index (χ0) is 24.0. The topological polar surface area (TPSA) is 95.5 Å². The second kappa shape index (κ2) is 10.8. The number of aliphatic carboxylic acids is 1. The molecule has 0 saturated heterocycles. The molecule has 7 heteroatoms. The van der Waals surface area contributed by atoms with Crippen LogP contribution in [-0.4, -0.2) is 22.8 Å². The number of aryl methyl sites for hydroxylation is 1. The Balaban J connectivity index is 1.77. The molecule has 3 aromatic rings. The van der Waals surface area contributed by atoms with Crippen LogP contribution in [0, 0.1) is 12.8 Å². The highest BCUT2D eigenvalue weighted by Gasteiger charge is 2.20. The van der Waals surface area contributed by atoms with Crippen molar-refractivity contribution in [1.29, 1.82) is 0 Å². The van der Waals surface area contributed by atoms with E-state index < -0.39 is 11.9 Å². The van der Waals surface area contributed by atoms with Gasteiger partial charge in [0.1, 0.15) is 0 Å². The van der Waals surface area contributed by atoms with Gasteiger partial charge in [-0.25, -0.2) is 0 Å². The van der Waals surface area contributed by atoms with Gasteiger partial charge in [0.2, 0.25) is 5.91 Å². The van der Waals surface area contributed by atoms with Gasteiger partial charge >= 0.3 is 5.97 Å². The highest BCUT2D eigenvalue weighted by molar-refractivity contribution is 6.35. The Hall–Kier alpha value is -3.64. The molecule has 0 aliphatic carbocycles. The van der Waals surface area contributed by atoms with E-state index in [4.69, 9.17) is 11.6 Å². The van der Waals surface area contributed by atoms with Gasteiger partial charge in [0, 0.05) is 23.2 Å². The first-order valence-corrected chi connectivity index (χ1v) is 11.0. The van der Waals surface area contributed by atoms with Crippen LogP contribution in [0.15, 0.2) is 66.7 Å². The summed E-state index contributed by atoms with van der Waals surface area (Å²) in [6.45, 7) is 3.61. The Labute approximate surface area is 197 Å². The van der Waals surface area contributed by atoms with E-state index in [1.807, 2.05) is 31.2 Å². The number of anilines is 3. The largest absolute Gasteiger partial charge is 0.481 e. The number of rotatable bonds is 9. The number of hydrogen-bond acceptors (Lipinski definition) is 4. The fourth-order valence-corrected chi connectivity index (χ4v) is 3.70. The van der Waals surface area contributed by atoms with Crippen molar-refractivity contribution in [2.45, 2.75) is 26.7 Å². The zero-order valence-electron chi connectivity index (χ0n) is 18.4. The van der Waals surface area contributed by atoms with E-state index in [9.17, 15) is 19.5 Å². The maximum atomic E-state index is 12.9. The maximum absolute atomic E-state index is 12.9. The van der Waals surface area contributed by atoms with Crippen LogP contribution in [0.25, 0.3) is 0 Å². The SMILES string of the molecule is CCC(CC(=O)Nc1ccccc1Nc1ccc(C(=O)c2ccccc2C)c(Cl)c1)C(=O)O. The summed E-state index contributed by atoms with van der Waals surface area (Å²) in [5, 5.41) is 15.5. The minimum absolute atomic E-state index is 0.109. The number of carbonyl (C=O) groups is 3. The molecule has 3 rings (SSSR count). The molecule has 3 aromatic carbocycles. The number of halogens is 1. The molecule has 3 N–H and O–H groups in total. The molecule has 1 unspecified atom stereocenters. The van der Waals surface area contributed by atoms with Crippen molar-refractivity contribution in [2.75, 3.05) is 10.6 Å². The molecular formula is C26H25ClN2O4. The summed E-state index contributed by atoms with van der Waals surface area (Å²) in [4.78, 5) is 36.5. The molecule has 0 fully saturated rings. The van der Waals surface area contributed by atoms with Crippen molar-refractivity contribution in [3.63, 3.8) is 0 Å². The third-order valence-corrected chi connectivity index (χ3v) is 5.67.